The Labute approximate surface area is 182 Å². The van der Waals surface area contributed by atoms with Gasteiger partial charge < -0.3 is 10.6 Å². The molecule has 0 spiro atoms. The van der Waals surface area contributed by atoms with Crippen LogP contribution in [-0.2, 0) is 16.8 Å². The quantitative estimate of drug-likeness (QED) is 0.703. The summed E-state index contributed by atoms with van der Waals surface area (Å²) >= 11 is 12.7. The maximum Gasteiger partial charge on any atom is 0.217 e. The van der Waals surface area contributed by atoms with E-state index in [1.807, 2.05) is 19.2 Å². The number of likely N-dealkylation sites (tertiary alicyclic amines) is 1. The Kier molecular flexibility index (Phi) is 5.78. The first kappa shape index (κ1) is 20.5. The van der Waals surface area contributed by atoms with E-state index in [0.29, 0.717) is 10.0 Å². The van der Waals surface area contributed by atoms with Crippen molar-refractivity contribution in [1.29, 1.82) is 0 Å². The average molecular weight is 432 g/mol. The first-order valence-corrected chi connectivity index (χ1v) is 11.0. The Bertz CT molecular complexity index is 926. The van der Waals surface area contributed by atoms with E-state index in [1.54, 1.807) is 6.92 Å². The van der Waals surface area contributed by atoms with Gasteiger partial charge in [0.25, 0.3) is 0 Å². The van der Waals surface area contributed by atoms with Crippen LogP contribution in [0.3, 0.4) is 0 Å². The average Bonchev–Trinajstić information content (AvgIpc) is 3.25. The number of hydrogen-bond acceptors (Lipinski definition) is 3. The van der Waals surface area contributed by atoms with Crippen LogP contribution < -0.4 is 10.6 Å². The van der Waals surface area contributed by atoms with Gasteiger partial charge in [-0.2, -0.15) is 0 Å². The lowest BCUT2D eigenvalue weighted by molar-refractivity contribution is -0.121. The highest BCUT2D eigenvalue weighted by Crippen LogP contribution is 2.51. The van der Waals surface area contributed by atoms with Crippen LogP contribution in [0.4, 0.5) is 5.69 Å². The van der Waals surface area contributed by atoms with Crippen molar-refractivity contribution in [2.24, 2.45) is 0 Å². The van der Waals surface area contributed by atoms with Crippen LogP contribution in [0.1, 0.15) is 48.9 Å². The van der Waals surface area contributed by atoms with Crippen molar-refractivity contribution in [3.8, 4) is 0 Å². The number of anilines is 1. The predicted octanol–water partition coefficient (Wildman–Crippen LogP) is 5.15. The van der Waals surface area contributed by atoms with E-state index in [4.69, 9.17) is 23.2 Å². The minimum atomic E-state index is -0.351. The van der Waals surface area contributed by atoms with E-state index in [-0.39, 0.29) is 17.5 Å². The summed E-state index contributed by atoms with van der Waals surface area (Å²) in [7, 11) is 1.92. The highest BCUT2D eigenvalue weighted by atomic mass is 35.5. The van der Waals surface area contributed by atoms with Crippen molar-refractivity contribution in [1.82, 2.24) is 10.2 Å². The third-order valence-electron chi connectivity index (χ3n) is 6.44. The summed E-state index contributed by atoms with van der Waals surface area (Å²) in [5.74, 6) is -0.0265. The molecule has 6 heteroatoms. The lowest BCUT2D eigenvalue weighted by Crippen LogP contribution is -2.56. The molecule has 0 bridgehead atoms. The molecule has 2 aromatic carbocycles. The van der Waals surface area contributed by atoms with Crippen LogP contribution in [0.2, 0.25) is 10.0 Å². The van der Waals surface area contributed by atoms with Crippen LogP contribution in [0.15, 0.2) is 36.4 Å². The smallest absolute Gasteiger partial charge is 0.217 e. The number of carbonyl (C=O) groups excluding carboxylic acids is 1. The second-order valence-corrected chi connectivity index (χ2v) is 8.86. The summed E-state index contributed by atoms with van der Waals surface area (Å²) in [6.07, 6.45) is 4.20. The number of amides is 1. The fourth-order valence-electron chi connectivity index (χ4n) is 5.09. The van der Waals surface area contributed by atoms with E-state index >= 15 is 0 Å². The molecule has 0 radical (unpaired) electrons. The molecule has 1 aliphatic heterocycles. The van der Waals surface area contributed by atoms with Crippen molar-refractivity contribution < 1.29 is 4.79 Å². The van der Waals surface area contributed by atoms with Crippen molar-refractivity contribution in [2.45, 2.75) is 44.2 Å². The molecule has 1 amide bonds. The predicted molar refractivity (Wildman–Crippen MR) is 120 cm³/mol. The number of halogens is 2. The van der Waals surface area contributed by atoms with Gasteiger partial charge in [0, 0.05) is 19.7 Å². The van der Waals surface area contributed by atoms with Gasteiger partial charge in [-0.15, -0.1) is 0 Å². The molecule has 0 saturated carbocycles. The Hall–Kier alpha value is -1.75. The van der Waals surface area contributed by atoms with Gasteiger partial charge in [-0.3, -0.25) is 9.69 Å². The Morgan fingerprint density at radius 3 is 2.52 bits per heavy atom. The number of carbonyl (C=O) groups is 1. The van der Waals surface area contributed by atoms with E-state index in [1.165, 1.54) is 24.0 Å². The van der Waals surface area contributed by atoms with E-state index < -0.39 is 0 Å². The third-order valence-corrected chi connectivity index (χ3v) is 7.18. The largest absolute Gasteiger partial charge is 0.388 e. The standard InChI is InChI=1S/C23H27Cl2N3O/c1-15(29)27-22-19-14-18(26-2)7-5-16(19)9-10-23(22,28-11-3-4-12-28)17-6-8-20(24)21(25)13-17/h5-8,13-14,22,26H,3-4,9-12H2,1-2H3,(H,27,29)/t22-,23+/m1/s1. The molecular formula is C23H27Cl2N3O. The second-order valence-electron chi connectivity index (χ2n) is 8.04. The normalized spacial score (nSPS) is 24.2. The van der Waals surface area contributed by atoms with Crippen LogP contribution in [0.25, 0.3) is 0 Å². The van der Waals surface area contributed by atoms with E-state index in [2.05, 4.69) is 39.8 Å². The number of aryl methyl sites for hydroxylation is 1. The summed E-state index contributed by atoms with van der Waals surface area (Å²) in [5.41, 5.74) is 4.28. The minimum Gasteiger partial charge on any atom is -0.388 e. The first-order chi connectivity index (χ1) is 14.0. The zero-order chi connectivity index (χ0) is 20.6. The van der Waals surface area contributed by atoms with Crippen molar-refractivity contribution in [2.75, 3.05) is 25.5 Å². The number of nitrogens with one attached hydrogen (secondary N) is 2. The van der Waals surface area contributed by atoms with Crippen LogP contribution >= 0.6 is 23.2 Å². The lowest BCUT2D eigenvalue weighted by atomic mass is 9.69. The summed E-state index contributed by atoms with van der Waals surface area (Å²) in [6.45, 7) is 3.62. The third kappa shape index (κ3) is 3.63. The fraction of sp³-hybridized carbons (Fsp3) is 0.435. The van der Waals surface area contributed by atoms with Gasteiger partial charge in [-0.25, -0.2) is 0 Å². The van der Waals surface area contributed by atoms with Crippen molar-refractivity contribution in [3.63, 3.8) is 0 Å². The molecule has 1 heterocycles. The highest BCUT2D eigenvalue weighted by molar-refractivity contribution is 6.42. The molecule has 4 rings (SSSR count). The molecule has 29 heavy (non-hydrogen) atoms. The van der Waals surface area contributed by atoms with Gasteiger partial charge in [0.2, 0.25) is 5.91 Å². The molecule has 1 fully saturated rings. The number of hydrogen-bond donors (Lipinski definition) is 2. The lowest BCUT2D eigenvalue weighted by Gasteiger charge is -2.51. The molecule has 2 N–H and O–H groups in total. The zero-order valence-electron chi connectivity index (χ0n) is 16.9. The molecule has 1 aliphatic carbocycles. The van der Waals surface area contributed by atoms with Crippen LogP contribution in [0, 0.1) is 0 Å². The molecule has 2 aromatic rings. The molecule has 0 unspecified atom stereocenters. The summed E-state index contributed by atoms with van der Waals surface area (Å²) in [5, 5.41) is 7.65. The Morgan fingerprint density at radius 2 is 1.86 bits per heavy atom. The van der Waals surface area contributed by atoms with Gasteiger partial charge in [0.15, 0.2) is 0 Å². The summed E-state index contributed by atoms with van der Waals surface area (Å²) in [6, 6.07) is 12.2. The van der Waals surface area contributed by atoms with Crippen LogP contribution in [0.5, 0.6) is 0 Å². The van der Waals surface area contributed by atoms with Crippen molar-refractivity contribution in [3.05, 3.63) is 63.1 Å². The van der Waals surface area contributed by atoms with Crippen molar-refractivity contribution >= 4 is 34.8 Å². The highest BCUT2D eigenvalue weighted by Gasteiger charge is 2.50. The van der Waals surface area contributed by atoms with Gasteiger partial charge in [-0.05, 0) is 79.7 Å². The SMILES string of the molecule is CNc1ccc2c(c1)[C@@H](NC(C)=O)[C@](c1ccc(Cl)c(Cl)c1)(N1CCCC1)CC2. The molecule has 2 atom stereocenters. The number of rotatable bonds is 4. The van der Waals surface area contributed by atoms with E-state index in [9.17, 15) is 4.79 Å². The number of fused-ring (bicyclic) bond motifs is 1. The van der Waals surface area contributed by atoms with E-state index in [0.717, 1.165) is 37.2 Å². The molecule has 2 aliphatic rings. The number of benzene rings is 2. The number of nitrogens with zero attached hydrogens (tertiary/aromatic N) is 1. The zero-order valence-corrected chi connectivity index (χ0v) is 18.4. The van der Waals surface area contributed by atoms with Gasteiger partial charge in [-0.1, -0.05) is 35.3 Å². The second kappa shape index (κ2) is 8.17. The van der Waals surface area contributed by atoms with Gasteiger partial charge in [0.1, 0.15) is 0 Å². The Balaban J connectivity index is 1.94. The fourth-order valence-corrected chi connectivity index (χ4v) is 5.39. The van der Waals surface area contributed by atoms with Gasteiger partial charge >= 0.3 is 0 Å². The minimum absolute atomic E-state index is 0.0265. The maximum absolute atomic E-state index is 12.3. The van der Waals surface area contributed by atoms with Crippen LogP contribution in [-0.4, -0.2) is 30.9 Å². The van der Waals surface area contributed by atoms with Gasteiger partial charge in [0.05, 0.1) is 21.6 Å². The monoisotopic (exact) mass is 431 g/mol. The molecule has 4 nitrogen and oxygen atoms in total. The summed E-state index contributed by atoms with van der Waals surface area (Å²) < 4.78 is 0. The Morgan fingerprint density at radius 1 is 1.10 bits per heavy atom. The maximum atomic E-state index is 12.3. The topological polar surface area (TPSA) is 44.4 Å². The molecular weight excluding hydrogens is 405 g/mol. The molecule has 154 valence electrons. The summed E-state index contributed by atoms with van der Waals surface area (Å²) in [4.78, 5) is 14.9. The molecule has 0 aromatic heterocycles. The first-order valence-electron chi connectivity index (χ1n) is 10.2. The molecule has 1 saturated heterocycles.